The van der Waals surface area contributed by atoms with Crippen molar-refractivity contribution in [1.82, 2.24) is 0 Å². The molecule has 0 radical (unpaired) electrons. The summed E-state index contributed by atoms with van der Waals surface area (Å²) >= 11 is 0. The molecule has 128 valence electrons. The van der Waals surface area contributed by atoms with Gasteiger partial charge >= 0.3 is 153 Å². The third kappa shape index (κ3) is 3.35. The van der Waals surface area contributed by atoms with Gasteiger partial charge < -0.3 is 0 Å². The number of carbonyl (C=O) groups excluding carboxylic acids is 1. The minimum atomic E-state index is -1.96. The monoisotopic (exact) mass is 346 g/mol. The normalized spacial score (nSPS) is 17.8. The Morgan fingerprint density at radius 1 is 0.920 bits per heavy atom. The molecular formula is C22H27BOSi. The number of carbonyl (C=O) groups is 1. The van der Waals surface area contributed by atoms with Gasteiger partial charge in [0.25, 0.3) is 0 Å². The standard InChI is InChI=1S/C22H27BOSi/c1-2-3-4-5-6-9-14-25(17-23)21-11-8-7-10-19(21)20-13-12-18(16-24)15-22(20)25/h7-8,10-13,15-17,23H,2-6,9,14H2,1H3. The molecule has 1 aliphatic heterocycles. The van der Waals surface area contributed by atoms with Gasteiger partial charge in [-0.2, -0.15) is 0 Å². The predicted molar refractivity (Wildman–Crippen MR) is 114 cm³/mol. The van der Waals surface area contributed by atoms with Gasteiger partial charge in [0.05, 0.1) is 0 Å². The molecule has 1 heterocycles. The molecule has 2 aromatic carbocycles. The van der Waals surface area contributed by atoms with Crippen molar-refractivity contribution in [3.8, 4) is 11.1 Å². The van der Waals surface area contributed by atoms with Crippen molar-refractivity contribution in [1.29, 1.82) is 0 Å². The summed E-state index contributed by atoms with van der Waals surface area (Å²) in [6, 6.07) is 16.2. The second-order valence-corrected chi connectivity index (χ2v) is 11.1. The first-order valence-electron chi connectivity index (χ1n) is 9.60. The maximum atomic E-state index is 11.3. The van der Waals surface area contributed by atoms with Crippen LogP contribution < -0.4 is 10.4 Å². The Labute approximate surface area is 153 Å². The summed E-state index contributed by atoms with van der Waals surface area (Å²) in [6.45, 7) is 2.26. The fourth-order valence-corrected chi connectivity index (χ4v) is 8.76. The first kappa shape index (κ1) is 18.1. The van der Waals surface area contributed by atoms with Crippen LogP contribution in [0.15, 0.2) is 42.5 Å². The van der Waals surface area contributed by atoms with Crippen LogP contribution in [-0.2, 0) is 0 Å². The Balaban J connectivity index is 1.92. The molecule has 0 aliphatic carbocycles. The van der Waals surface area contributed by atoms with Crippen LogP contribution in [-0.4, -0.2) is 27.4 Å². The van der Waals surface area contributed by atoms with Crippen molar-refractivity contribution in [2.24, 2.45) is 0 Å². The van der Waals surface area contributed by atoms with Gasteiger partial charge in [0.1, 0.15) is 0 Å². The molecule has 1 aliphatic rings. The molecule has 0 amide bonds. The predicted octanol–water partition coefficient (Wildman–Crippen LogP) is 3.65. The van der Waals surface area contributed by atoms with Crippen LogP contribution in [0.2, 0.25) is 6.04 Å². The van der Waals surface area contributed by atoms with Crippen LogP contribution in [0.1, 0.15) is 55.8 Å². The molecule has 0 spiro atoms. The van der Waals surface area contributed by atoms with Crippen LogP contribution >= 0.6 is 0 Å². The number of hydrogen-bond acceptors (Lipinski definition) is 1. The van der Waals surface area contributed by atoms with Gasteiger partial charge in [0.15, 0.2) is 0 Å². The Bertz CT molecular complexity index is 770. The van der Waals surface area contributed by atoms with Gasteiger partial charge in [0, 0.05) is 0 Å². The van der Waals surface area contributed by atoms with Gasteiger partial charge in [-0.15, -0.1) is 0 Å². The quantitative estimate of drug-likeness (QED) is 0.385. The molecule has 3 heteroatoms. The minimum absolute atomic E-state index is 0.785. The second-order valence-electron chi connectivity index (χ2n) is 7.16. The second kappa shape index (κ2) is 8.09. The van der Waals surface area contributed by atoms with Crippen molar-refractivity contribution in [3.05, 3.63) is 48.0 Å². The summed E-state index contributed by atoms with van der Waals surface area (Å²) in [4.78, 5) is 11.3. The number of unbranched alkanes of at least 4 members (excludes halogenated alkanes) is 5. The summed E-state index contributed by atoms with van der Waals surface area (Å²) < 4.78 is 0. The van der Waals surface area contributed by atoms with E-state index in [4.69, 9.17) is 0 Å². The van der Waals surface area contributed by atoms with Crippen LogP contribution in [0.25, 0.3) is 11.1 Å². The first-order valence-corrected chi connectivity index (χ1v) is 11.9. The van der Waals surface area contributed by atoms with Crippen molar-refractivity contribution >= 4 is 37.8 Å². The van der Waals surface area contributed by atoms with Gasteiger partial charge in [-0.3, -0.25) is 0 Å². The van der Waals surface area contributed by atoms with E-state index < -0.39 is 8.07 Å². The zero-order valence-electron chi connectivity index (χ0n) is 15.3. The van der Waals surface area contributed by atoms with E-state index >= 15 is 0 Å². The third-order valence-electron chi connectivity index (χ3n) is 5.63. The molecule has 1 atom stereocenters. The summed E-state index contributed by atoms with van der Waals surface area (Å²) in [6.07, 6.45) is 8.84. The van der Waals surface area contributed by atoms with Crippen LogP contribution in [0.5, 0.6) is 0 Å². The molecule has 3 rings (SSSR count). The zero-order valence-corrected chi connectivity index (χ0v) is 16.3. The molecule has 0 saturated heterocycles. The number of aldehydes is 1. The van der Waals surface area contributed by atoms with Crippen LogP contribution in [0.3, 0.4) is 0 Å². The summed E-state index contributed by atoms with van der Waals surface area (Å²) in [5.41, 5.74) is 5.71. The van der Waals surface area contributed by atoms with Gasteiger partial charge in [0.2, 0.25) is 0 Å². The van der Waals surface area contributed by atoms with Gasteiger partial charge in [-0.05, 0) is 0 Å². The zero-order chi connectivity index (χ0) is 17.7. The average molecular weight is 346 g/mol. The number of rotatable bonds is 9. The van der Waals surface area contributed by atoms with E-state index in [0.29, 0.717) is 0 Å². The molecule has 1 nitrogen and oxygen atoms in total. The van der Waals surface area contributed by atoms with Gasteiger partial charge in [-0.25, -0.2) is 0 Å². The summed E-state index contributed by atoms with van der Waals surface area (Å²) in [5, 5.41) is 2.87. The number of fused-ring (bicyclic) bond motifs is 3. The van der Waals surface area contributed by atoms with E-state index in [1.54, 1.807) is 0 Å². The first-order chi connectivity index (χ1) is 12.3. The average Bonchev–Trinajstić information content (AvgIpc) is 2.94. The van der Waals surface area contributed by atoms with E-state index in [-0.39, 0.29) is 0 Å². The third-order valence-corrected chi connectivity index (χ3v) is 10.2. The van der Waals surface area contributed by atoms with Crippen LogP contribution in [0.4, 0.5) is 0 Å². The Hall–Kier alpha value is -1.74. The fourth-order valence-electron chi connectivity index (χ4n) is 4.27. The van der Waals surface area contributed by atoms with Crippen molar-refractivity contribution in [2.75, 3.05) is 0 Å². The molecule has 25 heavy (non-hydrogen) atoms. The molecule has 0 aromatic heterocycles. The SMILES string of the molecule is B=C[Si]1(CCCCCCCC)c2ccccc2-c2ccc(C=O)cc21. The van der Waals surface area contributed by atoms with E-state index in [2.05, 4.69) is 56.4 Å². The van der Waals surface area contributed by atoms with Crippen molar-refractivity contribution in [3.63, 3.8) is 0 Å². The van der Waals surface area contributed by atoms with E-state index in [9.17, 15) is 4.79 Å². The molecule has 0 N–H and O–H groups in total. The summed E-state index contributed by atoms with van der Waals surface area (Å²) in [7, 11) is 2.31. The molecule has 0 fully saturated rings. The Morgan fingerprint density at radius 2 is 1.64 bits per heavy atom. The van der Waals surface area contributed by atoms with Gasteiger partial charge in [-0.1, -0.05) is 0 Å². The van der Waals surface area contributed by atoms with E-state index in [0.717, 1.165) is 11.8 Å². The van der Waals surface area contributed by atoms with E-state index in [1.807, 2.05) is 6.07 Å². The number of benzene rings is 2. The maximum absolute atomic E-state index is 11.3. The van der Waals surface area contributed by atoms with E-state index in [1.165, 1.54) is 66.1 Å². The molecule has 0 bridgehead atoms. The van der Waals surface area contributed by atoms with Crippen molar-refractivity contribution < 1.29 is 4.79 Å². The fraction of sp³-hybridized carbons (Fsp3) is 0.364. The number of hydrogen-bond donors (Lipinski definition) is 0. The summed E-state index contributed by atoms with van der Waals surface area (Å²) in [5.74, 6) is 0. The van der Waals surface area contributed by atoms with Crippen molar-refractivity contribution in [2.45, 2.75) is 51.5 Å². The molecular weight excluding hydrogens is 319 g/mol. The molecule has 1 unspecified atom stereocenters. The van der Waals surface area contributed by atoms with Crippen LogP contribution in [0, 0.1) is 0 Å². The Kier molecular flexibility index (Phi) is 5.85. The Morgan fingerprint density at radius 3 is 2.40 bits per heavy atom. The molecule has 0 saturated carbocycles. The molecule has 2 aromatic rings. The topological polar surface area (TPSA) is 17.1 Å².